The van der Waals surface area contributed by atoms with Crippen LogP contribution in [-0.2, 0) is 0 Å². The molecule has 0 bridgehead atoms. The highest BCUT2D eigenvalue weighted by atomic mass is 14.9. The summed E-state index contributed by atoms with van der Waals surface area (Å²) >= 11 is 0. The molecular weight excluding hydrogens is 679 g/mol. The lowest BCUT2D eigenvalue weighted by atomic mass is 9.93. The zero-order chi connectivity index (χ0) is 37.0. The quantitative estimate of drug-likeness (QED) is 0.167. The van der Waals surface area contributed by atoms with Crippen molar-refractivity contribution in [1.29, 1.82) is 0 Å². The molecule has 0 N–H and O–H groups in total. The van der Waals surface area contributed by atoms with E-state index in [1.54, 1.807) is 0 Å². The van der Waals surface area contributed by atoms with Crippen LogP contribution >= 0.6 is 0 Å². The largest absolute Gasteiger partial charge is 0.247 e. The van der Waals surface area contributed by atoms with Gasteiger partial charge in [-0.1, -0.05) is 176 Å². The van der Waals surface area contributed by atoms with E-state index in [-0.39, 0.29) is 0 Å². The van der Waals surface area contributed by atoms with E-state index < -0.39 is 0 Å². The SMILES string of the molecule is c1ccc(-c2ccc3nc(-c4cccc(-c5nc(-c6cccc7ccccc67)cc(-c6cccc7ccccc67)n5)c4)c4ccc5ccccc5c4c3c2)cc1. The number of pyridine rings is 1. The molecule has 11 rings (SSSR count). The van der Waals surface area contributed by atoms with Gasteiger partial charge in [-0.2, -0.15) is 0 Å². The normalized spacial score (nSPS) is 11.6. The van der Waals surface area contributed by atoms with E-state index in [1.165, 1.54) is 38.1 Å². The lowest BCUT2D eigenvalue weighted by Crippen LogP contribution is -1.97. The van der Waals surface area contributed by atoms with Gasteiger partial charge in [-0.15, -0.1) is 0 Å². The van der Waals surface area contributed by atoms with E-state index >= 15 is 0 Å². The summed E-state index contributed by atoms with van der Waals surface area (Å²) in [5, 5.41) is 10.6. The molecule has 0 fully saturated rings. The van der Waals surface area contributed by atoms with Gasteiger partial charge in [0.1, 0.15) is 0 Å². The summed E-state index contributed by atoms with van der Waals surface area (Å²) in [6, 6.07) is 70.9. The third-order valence-corrected chi connectivity index (χ3v) is 11.0. The molecule has 2 aromatic heterocycles. The number of hydrogen-bond acceptors (Lipinski definition) is 3. The first kappa shape index (κ1) is 32.0. The van der Waals surface area contributed by atoms with Crippen molar-refractivity contribution in [1.82, 2.24) is 15.0 Å². The lowest BCUT2D eigenvalue weighted by Gasteiger charge is -2.15. The molecule has 0 saturated carbocycles. The van der Waals surface area contributed by atoms with E-state index in [2.05, 4.69) is 200 Å². The van der Waals surface area contributed by atoms with Crippen molar-refractivity contribution < 1.29 is 0 Å². The standard InChI is InChI=1S/C53H33N3/c1-2-13-34(14-3-1)38-28-30-48-47(32-38)51-43-24-9-6-17-37(43)27-29-46(51)52(54-48)39-20-10-21-40(31-39)53-55-49(44-25-11-18-35-15-4-7-22-41(35)44)33-50(56-53)45-26-12-19-36-16-5-8-23-42(36)45/h1-33H. The van der Waals surface area contributed by atoms with Gasteiger partial charge in [0.05, 0.1) is 22.6 Å². The first-order valence-electron chi connectivity index (χ1n) is 19.0. The molecule has 0 aliphatic heterocycles. The van der Waals surface area contributed by atoms with Crippen molar-refractivity contribution in [2.75, 3.05) is 0 Å². The van der Waals surface area contributed by atoms with E-state index in [1.807, 2.05) is 0 Å². The topological polar surface area (TPSA) is 38.7 Å². The minimum absolute atomic E-state index is 0.670. The number of rotatable bonds is 5. The van der Waals surface area contributed by atoms with Crippen molar-refractivity contribution >= 4 is 54.0 Å². The molecular formula is C53H33N3. The maximum absolute atomic E-state index is 5.41. The van der Waals surface area contributed by atoms with Crippen LogP contribution in [0.4, 0.5) is 0 Å². The Hall–Kier alpha value is -7.49. The molecule has 0 atom stereocenters. The highest BCUT2D eigenvalue weighted by Gasteiger charge is 2.18. The van der Waals surface area contributed by atoms with Crippen molar-refractivity contribution in [2.45, 2.75) is 0 Å². The van der Waals surface area contributed by atoms with E-state index in [0.29, 0.717) is 5.82 Å². The lowest BCUT2D eigenvalue weighted by molar-refractivity contribution is 1.19. The average Bonchev–Trinajstić information content (AvgIpc) is 3.28. The van der Waals surface area contributed by atoms with E-state index in [0.717, 1.165) is 66.4 Å². The molecule has 3 nitrogen and oxygen atoms in total. The predicted octanol–water partition coefficient (Wildman–Crippen LogP) is 14.0. The van der Waals surface area contributed by atoms with Gasteiger partial charge in [0.25, 0.3) is 0 Å². The van der Waals surface area contributed by atoms with Crippen LogP contribution in [0.15, 0.2) is 200 Å². The number of fused-ring (bicyclic) bond motifs is 7. The van der Waals surface area contributed by atoms with Gasteiger partial charge in [-0.3, -0.25) is 0 Å². The second-order valence-corrected chi connectivity index (χ2v) is 14.4. The Morgan fingerprint density at radius 1 is 0.286 bits per heavy atom. The fraction of sp³-hybridized carbons (Fsp3) is 0. The molecule has 0 amide bonds. The van der Waals surface area contributed by atoms with E-state index in [9.17, 15) is 0 Å². The van der Waals surface area contributed by atoms with Gasteiger partial charge >= 0.3 is 0 Å². The second kappa shape index (κ2) is 13.1. The summed E-state index contributed by atoms with van der Waals surface area (Å²) in [4.78, 5) is 16.1. The van der Waals surface area contributed by atoms with Gasteiger partial charge < -0.3 is 0 Å². The Balaban J connectivity index is 1.14. The van der Waals surface area contributed by atoms with Crippen LogP contribution < -0.4 is 0 Å². The van der Waals surface area contributed by atoms with Gasteiger partial charge in [0.15, 0.2) is 5.82 Å². The number of hydrogen-bond donors (Lipinski definition) is 0. The number of benzene rings is 9. The van der Waals surface area contributed by atoms with Crippen molar-refractivity contribution in [3.05, 3.63) is 200 Å². The summed E-state index contributed by atoms with van der Waals surface area (Å²) in [5.74, 6) is 0.670. The maximum atomic E-state index is 5.41. The molecule has 2 heterocycles. The van der Waals surface area contributed by atoms with E-state index in [4.69, 9.17) is 15.0 Å². The fourth-order valence-electron chi connectivity index (χ4n) is 8.36. The number of aromatic nitrogens is 3. The van der Waals surface area contributed by atoms with Crippen molar-refractivity contribution in [2.24, 2.45) is 0 Å². The molecule has 260 valence electrons. The minimum Gasteiger partial charge on any atom is -0.247 e. The van der Waals surface area contributed by atoms with Gasteiger partial charge in [-0.25, -0.2) is 15.0 Å². The number of nitrogens with zero attached hydrogens (tertiary/aromatic N) is 3. The third-order valence-electron chi connectivity index (χ3n) is 11.0. The average molecular weight is 712 g/mol. The Bertz CT molecular complexity index is 3200. The van der Waals surface area contributed by atoms with Crippen LogP contribution in [0, 0.1) is 0 Å². The summed E-state index contributed by atoms with van der Waals surface area (Å²) < 4.78 is 0. The highest BCUT2D eigenvalue weighted by Crippen LogP contribution is 2.40. The molecule has 0 radical (unpaired) electrons. The molecule has 11 aromatic rings. The summed E-state index contributed by atoms with van der Waals surface area (Å²) in [6.07, 6.45) is 0. The molecule has 0 aliphatic rings. The molecule has 3 heteroatoms. The van der Waals surface area contributed by atoms with Crippen LogP contribution in [0.3, 0.4) is 0 Å². The third kappa shape index (κ3) is 5.40. The monoisotopic (exact) mass is 711 g/mol. The highest BCUT2D eigenvalue weighted by molar-refractivity contribution is 6.23. The van der Waals surface area contributed by atoms with Gasteiger partial charge in [-0.05, 0) is 67.7 Å². The zero-order valence-corrected chi connectivity index (χ0v) is 30.4. The summed E-state index contributed by atoms with van der Waals surface area (Å²) in [7, 11) is 0. The predicted molar refractivity (Wildman–Crippen MR) is 235 cm³/mol. The van der Waals surface area contributed by atoms with Crippen molar-refractivity contribution in [3.63, 3.8) is 0 Å². The first-order chi connectivity index (χ1) is 27.7. The molecule has 0 saturated heterocycles. The molecule has 0 unspecified atom stereocenters. The van der Waals surface area contributed by atoms with Crippen LogP contribution in [0.25, 0.3) is 110 Å². The molecule has 9 aromatic carbocycles. The van der Waals surface area contributed by atoms with Crippen LogP contribution in [0.2, 0.25) is 0 Å². The maximum Gasteiger partial charge on any atom is 0.160 e. The van der Waals surface area contributed by atoms with Crippen LogP contribution in [-0.4, -0.2) is 15.0 Å². The smallest absolute Gasteiger partial charge is 0.160 e. The summed E-state index contributed by atoms with van der Waals surface area (Å²) in [5.41, 5.74) is 10.1. The Morgan fingerprint density at radius 2 is 0.839 bits per heavy atom. The first-order valence-corrected chi connectivity index (χ1v) is 19.0. The minimum atomic E-state index is 0.670. The van der Waals surface area contributed by atoms with Crippen LogP contribution in [0.1, 0.15) is 0 Å². The molecule has 56 heavy (non-hydrogen) atoms. The second-order valence-electron chi connectivity index (χ2n) is 14.4. The molecule has 0 aliphatic carbocycles. The Labute approximate surface area is 324 Å². The Kier molecular flexibility index (Phi) is 7.49. The van der Waals surface area contributed by atoms with Crippen molar-refractivity contribution in [3.8, 4) is 56.3 Å². The fourth-order valence-corrected chi connectivity index (χ4v) is 8.36. The molecule has 0 spiro atoms. The summed E-state index contributed by atoms with van der Waals surface area (Å²) in [6.45, 7) is 0. The van der Waals surface area contributed by atoms with Crippen LogP contribution in [0.5, 0.6) is 0 Å². The Morgan fingerprint density at radius 3 is 1.54 bits per heavy atom. The van der Waals surface area contributed by atoms with Gasteiger partial charge in [0, 0.05) is 38.4 Å². The van der Waals surface area contributed by atoms with Gasteiger partial charge in [0.2, 0.25) is 0 Å². The zero-order valence-electron chi connectivity index (χ0n) is 30.4.